The molecule has 1 saturated heterocycles. The predicted molar refractivity (Wildman–Crippen MR) is 172 cm³/mol. The second-order valence-electron chi connectivity index (χ2n) is 10.2. The third-order valence-electron chi connectivity index (χ3n) is 7.35. The van der Waals surface area contributed by atoms with E-state index in [-0.39, 0.29) is 0 Å². The molecule has 5 heteroatoms. The van der Waals surface area contributed by atoms with Crippen molar-refractivity contribution in [3.8, 4) is 10.4 Å². The van der Waals surface area contributed by atoms with Gasteiger partial charge in [0.1, 0.15) is 0 Å². The van der Waals surface area contributed by atoms with Gasteiger partial charge in [-0.3, -0.25) is 9.88 Å². The zero-order valence-corrected chi connectivity index (χ0v) is 24.3. The fourth-order valence-corrected chi connectivity index (χ4v) is 5.89. The van der Waals surface area contributed by atoms with Crippen molar-refractivity contribution in [1.82, 2.24) is 9.88 Å². The number of nitrogens with two attached hydrogens (primary N) is 1. The van der Waals surface area contributed by atoms with E-state index in [1.165, 1.54) is 34.6 Å². The number of hydrogen-bond donors (Lipinski definition) is 2. The zero-order valence-electron chi connectivity index (χ0n) is 23.5. The monoisotopic (exact) mass is 536 g/mol. The first-order valence-corrected chi connectivity index (χ1v) is 14.4. The van der Waals surface area contributed by atoms with Crippen molar-refractivity contribution in [2.75, 3.05) is 30.7 Å². The van der Waals surface area contributed by atoms with E-state index < -0.39 is 0 Å². The summed E-state index contributed by atoms with van der Waals surface area (Å²) in [5.74, 6) is 0. The third kappa shape index (κ3) is 6.86. The number of benzene rings is 1. The fourth-order valence-electron chi connectivity index (χ4n) is 4.95. The zero-order chi connectivity index (χ0) is 27.9. The van der Waals surface area contributed by atoms with Crippen LogP contribution in [0.3, 0.4) is 0 Å². The van der Waals surface area contributed by atoms with Gasteiger partial charge >= 0.3 is 0 Å². The van der Waals surface area contributed by atoms with Crippen LogP contribution in [0.5, 0.6) is 0 Å². The summed E-state index contributed by atoms with van der Waals surface area (Å²) < 4.78 is 0. The summed E-state index contributed by atoms with van der Waals surface area (Å²) in [4.78, 5) is 9.48. The second kappa shape index (κ2) is 12.9. The van der Waals surface area contributed by atoms with E-state index >= 15 is 0 Å². The first-order chi connectivity index (χ1) is 18.8. The quantitative estimate of drug-likeness (QED) is 0.201. The molecule has 3 heterocycles. The van der Waals surface area contributed by atoms with Crippen molar-refractivity contribution in [1.29, 1.82) is 0 Å². The summed E-state index contributed by atoms with van der Waals surface area (Å²) >= 11 is 1.77. The lowest BCUT2D eigenvalue weighted by Crippen LogP contribution is -2.31. The molecule has 3 aromatic rings. The molecule has 0 spiro atoms. The molecular weight excluding hydrogens is 496 g/mol. The van der Waals surface area contributed by atoms with Crippen molar-refractivity contribution in [2.45, 2.75) is 40.0 Å². The SMILES string of the molecule is C=C/C(=C\C(=C/C)c1ccc(N)c(C(=C)C(=C)Nc2cncc(-c3ccc(C)s3)c2C)c1)CN1CCCCC1. The highest BCUT2D eigenvalue weighted by molar-refractivity contribution is 7.15. The maximum atomic E-state index is 6.45. The van der Waals surface area contributed by atoms with E-state index in [1.807, 2.05) is 24.5 Å². The summed E-state index contributed by atoms with van der Waals surface area (Å²) in [5, 5.41) is 3.45. The molecule has 4 nitrogen and oxygen atoms in total. The number of aryl methyl sites for hydroxylation is 1. The number of rotatable bonds is 10. The van der Waals surface area contributed by atoms with Crippen molar-refractivity contribution in [3.63, 3.8) is 0 Å². The number of nitrogen functional groups attached to an aromatic ring is 1. The molecule has 0 atom stereocenters. The molecule has 3 N–H and O–H groups in total. The van der Waals surface area contributed by atoms with E-state index in [1.54, 1.807) is 11.3 Å². The Hall–Kier alpha value is -3.67. The number of nitrogens with one attached hydrogen (secondary N) is 1. The lowest BCUT2D eigenvalue weighted by Gasteiger charge is -2.26. The van der Waals surface area contributed by atoms with Crippen LogP contribution in [0.2, 0.25) is 0 Å². The fraction of sp³-hybridized carbons (Fsp3) is 0.265. The highest BCUT2D eigenvalue weighted by atomic mass is 32.1. The van der Waals surface area contributed by atoms with Crippen molar-refractivity contribution in [2.24, 2.45) is 0 Å². The number of nitrogens with zero attached hydrogens (tertiary/aromatic N) is 2. The van der Waals surface area contributed by atoms with Gasteiger partial charge in [-0.15, -0.1) is 11.3 Å². The van der Waals surface area contributed by atoms with Gasteiger partial charge in [-0.1, -0.05) is 50.5 Å². The van der Waals surface area contributed by atoms with E-state index in [0.717, 1.165) is 58.7 Å². The Labute approximate surface area is 238 Å². The van der Waals surface area contributed by atoms with Crippen LogP contribution in [0.15, 0.2) is 92.0 Å². The van der Waals surface area contributed by atoms with Crippen LogP contribution in [-0.4, -0.2) is 29.5 Å². The first kappa shape index (κ1) is 28.3. The number of aromatic nitrogens is 1. The van der Waals surface area contributed by atoms with Crippen molar-refractivity contribution in [3.05, 3.63) is 114 Å². The van der Waals surface area contributed by atoms with Crippen LogP contribution in [0.1, 0.15) is 47.8 Å². The van der Waals surface area contributed by atoms with Gasteiger partial charge in [0.2, 0.25) is 0 Å². The van der Waals surface area contributed by atoms with Gasteiger partial charge in [-0.05, 0) is 98.8 Å². The van der Waals surface area contributed by atoms with Crippen LogP contribution in [0, 0.1) is 13.8 Å². The lowest BCUT2D eigenvalue weighted by molar-refractivity contribution is 0.248. The van der Waals surface area contributed by atoms with Gasteiger partial charge in [0.25, 0.3) is 0 Å². The van der Waals surface area contributed by atoms with E-state index in [0.29, 0.717) is 11.4 Å². The number of likely N-dealkylation sites (tertiary alicyclic amines) is 1. The average molecular weight is 537 g/mol. The molecule has 2 aromatic heterocycles. The molecular formula is C34H40N4S. The molecule has 4 rings (SSSR count). The molecule has 0 aliphatic carbocycles. The number of piperidine rings is 1. The summed E-state index contributed by atoms with van der Waals surface area (Å²) in [6.07, 6.45) is 14.0. The minimum absolute atomic E-state index is 0.668. The van der Waals surface area contributed by atoms with E-state index in [4.69, 9.17) is 5.73 Å². The minimum Gasteiger partial charge on any atom is -0.398 e. The van der Waals surface area contributed by atoms with Gasteiger partial charge in [0.05, 0.1) is 11.9 Å². The number of anilines is 2. The Bertz CT molecular complexity index is 1430. The Balaban J connectivity index is 1.55. The van der Waals surface area contributed by atoms with Gasteiger partial charge in [0.15, 0.2) is 0 Å². The standard InChI is InChI=1S/C34H40N4S/c1-7-27(22-38-16-10-9-11-17-38)18-28(8-2)29-13-14-32(35)30(19-29)24(4)26(6)37-33-21-36-20-31(25(33)5)34-15-12-23(3)39-34/h7-8,12-15,18-21,37H,1,4,6,9-11,16-17,22,35H2,2-3,5H3/b27-18+,28-8+. The third-order valence-corrected chi connectivity index (χ3v) is 8.39. The molecule has 1 aromatic carbocycles. The molecule has 202 valence electrons. The summed E-state index contributed by atoms with van der Waals surface area (Å²) in [5.41, 5.74) is 16.0. The predicted octanol–water partition coefficient (Wildman–Crippen LogP) is 8.65. The van der Waals surface area contributed by atoms with E-state index in [2.05, 4.69) is 92.1 Å². The molecule has 1 fully saturated rings. The smallest absolute Gasteiger partial charge is 0.0606 e. The summed E-state index contributed by atoms with van der Waals surface area (Å²) in [6, 6.07) is 10.4. The van der Waals surface area contributed by atoms with Gasteiger partial charge < -0.3 is 11.1 Å². The average Bonchev–Trinajstić information content (AvgIpc) is 3.38. The minimum atomic E-state index is 0.668. The number of hydrogen-bond acceptors (Lipinski definition) is 5. The van der Waals surface area contributed by atoms with E-state index in [9.17, 15) is 0 Å². The highest BCUT2D eigenvalue weighted by Crippen LogP contribution is 2.35. The molecule has 1 aliphatic heterocycles. The number of pyridine rings is 1. The molecule has 0 saturated carbocycles. The summed E-state index contributed by atoms with van der Waals surface area (Å²) in [7, 11) is 0. The molecule has 1 aliphatic rings. The molecule has 0 radical (unpaired) electrons. The molecule has 0 unspecified atom stereocenters. The largest absolute Gasteiger partial charge is 0.398 e. The van der Waals surface area contributed by atoms with Crippen molar-refractivity contribution >= 4 is 33.9 Å². The highest BCUT2D eigenvalue weighted by Gasteiger charge is 2.15. The normalized spacial score (nSPS) is 14.7. The van der Waals surface area contributed by atoms with Crippen LogP contribution < -0.4 is 11.1 Å². The lowest BCUT2D eigenvalue weighted by atomic mass is 9.95. The summed E-state index contributed by atoms with van der Waals surface area (Å²) in [6.45, 7) is 22.3. The van der Waals surface area contributed by atoms with Gasteiger partial charge in [0, 0.05) is 45.0 Å². The number of allylic oxidation sites excluding steroid dienone is 4. The van der Waals surface area contributed by atoms with Crippen LogP contribution >= 0.6 is 11.3 Å². The molecule has 0 amide bonds. The Morgan fingerprint density at radius 3 is 2.54 bits per heavy atom. The maximum Gasteiger partial charge on any atom is 0.0606 e. The number of thiophene rings is 1. The van der Waals surface area contributed by atoms with Crippen LogP contribution in [-0.2, 0) is 0 Å². The van der Waals surface area contributed by atoms with Crippen LogP contribution in [0.4, 0.5) is 11.4 Å². The Morgan fingerprint density at radius 1 is 1.10 bits per heavy atom. The topological polar surface area (TPSA) is 54.2 Å². The Kier molecular flexibility index (Phi) is 9.39. The Morgan fingerprint density at radius 2 is 1.87 bits per heavy atom. The molecule has 0 bridgehead atoms. The maximum absolute atomic E-state index is 6.45. The van der Waals surface area contributed by atoms with Crippen LogP contribution in [0.25, 0.3) is 21.6 Å². The molecule has 39 heavy (non-hydrogen) atoms. The van der Waals surface area contributed by atoms with Gasteiger partial charge in [-0.25, -0.2) is 0 Å². The first-order valence-electron chi connectivity index (χ1n) is 13.6. The second-order valence-corrected chi connectivity index (χ2v) is 11.4. The van der Waals surface area contributed by atoms with Gasteiger partial charge in [-0.2, -0.15) is 0 Å². The van der Waals surface area contributed by atoms with Crippen molar-refractivity contribution < 1.29 is 0 Å².